The van der Waals surface area contributed by atoms with Crippen LogP contribution in [-0.4, -0.2) is 23.0 Å². The van der Waals surface area contributed by atoms with Gasteiger partial charge in [-0.2, -0.15) is 0 Å². The van der Waals surface area contributed by atoms with Gasteiger partial charge in [-0.05, 0) is 31.1 Å². The fraction of sp³-hybridized carbons (Fsp3) is 0.462. The zero-order valence-corrected chi connectivity index (χ0v) is 9.69. The van der Waals surface area contributed by atoms with Crippen molar-refractivity contribution in [1.29, 1.82) is 0 Å². The van der Waals surface area contributed by atoms with Crippen LogP contribution in [0.1, 0.15) is 32.4 Å². The monoisotopic (exact) mass is 204 g/mol. The van der Waals surface area contributed by atoms with Gasteiger partial charge in [-0.1, -0.05) is 19.9 Å². The SMILES string of the molecule is CCCN(/C=C/c1ccccn1)CCC. The van der Waals surface area contributed by atoms with Crippen molar-refractivity contribution in [3.05, 3.63) is 36.3 Å². The highest BCUT2D eigenvalue weighted by atomic mass is 15.1. The fourth-order valence-corrected chi connectivity index (χ4v) is 1.49. The van der Waals surface area contributed by atoms with Gasteiger partial charge in [-0.25, -0.2) is 0 Å². The predicted molar refractivity (Wildman–Crippen MR) is 65.4 cm³/mol. The van der Waals surface area contributed by atoms with E-state index < -0.39 is 0 Å². The lowest BCUT2D eigenvalue weighted by atomic mass is 10.3. The van der Waals surface area contributed by atoms with Crippen molar-refractivity contribution < 1.29 is 0 Å². The lowest BCUT2D eigenvalue weighted by molar-refractivity contribution is 0.378. The molecule has 0 N–H and O–H groups in total. The summed E-state index contributed by atoms with van der Waals surface area (Å²) in [6.07, 6.45) is 8.42. The summed E-state index contributed by atoms with van der Waals surface area (Å²) in [6, 6.07) is 5.97. The van der Waals surface area contributed by atoms with Gasteiger partial charge in [0.15, 0.2) is 0 Å². The van der Waals surface area contributed by atoms with Gasteiger partial charge in [-0.15, -0.1) is 0 Å². The Bertz CT molecular complexity index is 274. The van der Waals surface area contributed by atoms with Crippen LogP contribution in [0.4, 0.5) is 0 Å². The van der Waals surface area contributed by atoms with Crippen molar-refractivity contribution in [3.63, 3.8) is 0 Å². The smallest absolute Gasteiger partial charge is 0.0644 e. The van der Waals surface area contributed by atoms with Crippen LogP contribution in [-0.2, 0) is 0 Å². The summed E-state index contributed by atoms with van der Waals surface area (Å²) in [5.74, 6) is 0. The Balaban J connectivity index is 2.53. The van der Waals surface area contributed by atoms with Gasteiger partial charge in [0.25, 0.3) is 0 Å². The van der Waals surface area contributed by atoms with Crippen molar-refractivity contribution in [2.75, 3.05) is 13.1 Å². The molecule has 82 valence electrons. The lowest BCUT2D eigenvalue weighted by Crippen LogP contribution is -2.18. The largest absolute Gasteiger partial charge is 0.377 e. The van der Waals surface area contributed by atoms with E-state index in [0.29, 0.717) is 0 Å². The molecule has 0 atom stereocenters. The number of rotatable bonds is 6. The van der Waals surface area contributed by atoms with Crippen molar-refractivity contribution in [2.24, 2.45) is 0 Å². The van der Waals surface area contributed by atoms with Crippen LogP contribution in [0, 0.1) is 0 Å². The number of pyridine rings is 1. The predicted octanol–water partition coefficient (Wildman–Crippen LogP) is 3.17. The first-order chi connectivity index (χ1) is 7.36. The van der Waals surface area contributed by atoms with Gasteiger partial charge in [0.1, 0.15) is 0 Å². The topological polar surface area (TPSA) is 16.1 Å². The third-order valence-electron chi connectivity index (χ3n) is 2.17. The van der Waals surface area contributed by atoms with E-state index in [1.807, 2.05) is 24.4 Å². The minimum Gasteiger partial charge on any atom is -0.377 e. The summed E-state index contributed by atoms with van der Waals surface area (Å²) in [5, 5.41) is 0. The number of hydrogen-bond donors (Lipinski definition) is 0. The Labute approximate surface area is 92.6 Å². The molecule has 1 rings (SSSR count). The summed E-state index contributed by atoms with van der Waals surface area (Å²) in [7, 11) is 0. The molecule has 0 aromatic carbocycles. The summed E-state index contributed by atoms with van der Waals surface area (Å²) in [5.41, 5.74) is 1.02. The normalized spacial score (nSPS) is 10.8. The van der Waals surface area contributed by atoms with E-state index in [0.717, 1.165) is 18.8 Å². The zero-order valence-electron chi connectivity index (χ0n) is 9.69. The van der Waals surface area contributed by atoms with Crippen molar-refractivity contribution in [2.45, 2.75) is 26.7 Å². The van der Waals surface area contributed by atoms with Crippen molar-refractivity contribution >= 4 is 6.08 Å². The van der Waals surface area contributed by atoms with Gasteiger partial charge >= 0.3 is 0 Å². The molecular weight excluding hydrogens is 184 g/mol. The van der Waals surface area contributed by atoms with E-state index in [9.17, 15) is 0 Å². The quantitative estimate of drug-likeness (QED) is 0.707. The van der Waals surface area contributed by atoms with Crippen LogP contribution in [0.25, 0.3) is 6.08 Å². The van der Waals surface area contributed by atoms with Gasteiger partial charge in [0, 0.05) is 25.5 Å². The summed E-state index contributed by atoms with van der Waals surface area (Å²) < 4.78 is 0. The first-order valence-electron chi connectivity index (χ1n) is 5.70. The van der Waals surface area contributed by atoms with Crippen LogP contribution >= 0.6 is 0 Å². The number of nitrogens with zero attached hydrogens (tertiary/aromatic N) is 2. The van der Waals surface area contributed by atoms with Crippen LogP contribution in [0.2, 0.25) is 0 Å². The fourth-order valence-electron chi connectivity index (χ4n) is 1.49. The van der Waals surface area contributed by atoms with Gasteiger partial charge in [-0.3, -0.25) is 4.98 Å². The molecule has 0 radical (unpaired) electrons. The average molecular weight is 204 g/mol. The molecule has 1 heterocycles. The molecule has 0 amide bonds. The second kappa shape index (κ2) is 7.04. The van der Waals surface area contributed by atoms with E-state index >= 15 is 0 Å². The minimum atomic E-state index is 1.02. The van der Waals surface area contributed by atoms with E-state index in [-0.39, 0.29) is 0 Å². The Morgan fingerprint density at radius 2 is 1.93 bits per heavy atom. The second-order valence-electron chi connectivity index (χ2n) is 3.61. The Kier molecular flexibility index (Phi) is 5.52. The highest BCUT2D eigenvalue weighted by Crippen LogP contribution is 2.01. The molecule has 0 aliphatic rings. The van der Waals surface area contributed by atoms with Crippen LogP contribution in [0.5, 0.6) is 0 Å². The Hall–Kier alpha value is -1.31. The Morgan fingerprint density at radius 1 is 1.20 bits per heavy atom. The maximum absolute atomic E-state index is 4.26. The number of aromatic nitrogens is 1. The maximum atomic E-state index is 4.26. The molecule has 0 saturated heterocycles. The zero-order chi connectivity index (χ0) is 10.9. The number of hydrogen-bond acceptors (Lipinski definition) is 2. The second-order valence-corrected chi connectivity index (χ2v) is 3.61. The third-order valence-corrected chi connectivity index (χ3v) is 2.17. The standard InChI is InChI=1S/C13H20N2/c1-3-10-15(11-4-2)12-8-13-7-5-6-9-14-13/h5-9,12H,3-4,10-11H2,1-2H3/b12-8+. The van der Waals surface area contributed by atoms with Gasteiger partial charge < -0.3 is 4.90 Å². The van der Waals surface area contributed by atoms with Crippen LogP contribution in [0.3, 0.4) is 0 Å². The third kappa shape index (κ3) is 4.63. The molecular formula is C13H20N2. The van der Waals surface area contributed by atoms with Gasteiger partial charge in [0.05, 0.1) is 5.69 Å². The van der Waals surface area contributed by atoms with Crippen LogP contribution < -0.4 is 0 Å². The highest BCUT2D eigenvalue weighted by molar-refractivity contribution is 5.43. The molecule has 0 spiro atoms. The lowest BCUT2D eigenvalue weighted by Gasteiger charge is -2.18. The Morgan fingerprint density at radius 3 is 2.47 bits per heavy atom. The molecule has 0 saturated carbocycles. The molecule has 0 unspecified atom stereocenters. The van der Waals surface area contributed by atoms with Crippen LogP contribution in [0.15, 0.2) is 30.6 Å². The van der Waals surface area contributed by atoms with E-state index in [2.05, 4.69) is 36.0 Å². The summed E-state index contributed by atoms with van der Waals surface area (Å²) >= 11 is 0. The molecule has 0 fully saturated rings. The molecule has 15 heavy (non-hydrogen) atoms. The maximum Gasteiger partial charge on any atom is 0.0644 e. The summed E-state index contributed by atoms with van der Waals surface area (Å²) in [4.78, 5) is 6.60. The first-order valence-corrected chi connectivity index (χ1v) is 5.70. The molecule has 1 aromatic rings. The first kappa shape index (κ1) is 11.8. The van der Waals surface area contributed by atoms with Crippen molar-refractivity contribution in [3.8, 4) is 0 Å². The van der Waals surface area contributed by atoms with E-state index in [4.69, 9.17) is 0 Å². The molecule has 0 aliphatic carbocycles. The molecule has 2 nitrogen and oxygen atoms in total. The van der Waals surface area contributed by atoms with E-state index in [1.165, 1.54) is 12.8 Å². The highest BCUT2D eigenvalue weighted by Gasteiger charge is 1.95. The van der Waals surface area contributed by atoms with Crippen molar-refractivity contribution in [1.82, 2.24) is 9.88 Å². The van der Waals surface area contributed by atoms with Gasteiger partial charge in [0.2, 0.25) is 0 Å². The summed E-state index contributed by atoms with van der Waals surface area (Å²) in [6.45, 7) is 6.66. The average Bonchev–Trinajstić information content (AvgIpc) is 2.28. The van der Waals surface area contributed by atoms with E-state index in [1.54, 1.807) is 0 Å². The molecule has 2 heteroatoms. The minimum absolute atomic E-state index is 1.02. The molecule has 0 aliphatic heterocycles. The molecule has 0 bridgehead atoms. The molecule has 1 aromatic heterocycles.